The molecule has 1 heterocycles. The first-order valence-electron chi connectivity index (χ1n) is 9.75. The fraction of sp³-hybridized carbons (Fsp3) is 0.348. The summed E-state index contributed by atoms with van der Waals surface area (Å²) in [5, 5.41) is 4.24. The lowest BCUT2D eigenvalue weighted by molar-refractivity contribution is -0.121. The predicted molar refractivity (Wildman–Crippen MR) is 114 cm³/mol. The van der Waals surface area contributed by atoms with Gasteiger partial charge in [0.15, 0.2) is 11.5 Å². The smallest absolute Gasteiger partial charge is 0.220 e. The van der Waals surface area contributed by atoms with Gasteiger partial charge in [0.05, 0.1) is 21.3 Å². The van der Waals surface area contributed by atoms with Gasteiger partial charge in [-0.25, -0.2) is 0 Å². The van der Waals surface area contributed by atoms with E-state index in [9.17, 15) is 4.79 Å². The van der Waals surface area contributed by atoms with Crippen molar-refractivity contribution in [1.82, 2.24) is 9.88 Å². The van der Waals surface area contributed by atoms with Gasteiger partial charge in [-0.3, -0.25) is 4.79 Å². The highest BCUT2D eigenvalue weighted by atomic mass is 16.5. The molecule has 0 saturated heterocycles. The normalized spacial score (nSPS) is 10.7. The molecule has 0 aliphatic rings. The van der Waals surface area contributed by atoms with Crippen LogP contribution in [-0.2, 0) is 17.8 Å². The molecule has 0 aliphatic carbocycles. The van der Waals surface area contributed by atoms with Gasteiger partial charge < -0.3 is 24.1 Å². The Balaban J connectivity index is 1.46. The number of hydrogen-bond donors (Lipinski definition) is 1. The minimum Gasteiger partial charge on any atom is -0.493 e. The van der Waals surface area contributed by atoms with E-state index >= 15 is 0 Å². The quantitative estimate of drug-likeness (QED) is 0.530. The molecule has 0 bridgehead atoms. The molecule has 6 nitrogen and oxygen atoms in total. The third-order valence-electron chi connectivity index (χ3n) is 4.94. The maximum Gasteiger partial charge on any atom is 0.220 e. The summed E-state index contributed by atoms with van der Waals surface area (Å²) in [5.74, 6) is 1.79. The van der Waals surface area contributed by atoms with Crippen LogP contribution in [0.5, 0.6) is 17.2 Å². The highest BCUT2D eigenvalue weighted by Crippen LogP contribution is 2.38. The summed E-state index contributed by atoms with van der Waals surface area (Å²) < 4.78 is 18.3. The minimum absolute atomic E-state index is 0.0381. The number of nitrogens with zero attached hydrogens (tertiary/aromatic N) is 1. The Morgan fingerprint density at radius 2 is 1.72 bits per heavy atom. The zero-order valence-electron chi connectivity index (χ0n) is 17.2. The van der Waals surface area contributed by atoms with Crippen molar-refractivity contribution < 1.29 is 19.0 Å². The van der Waals surface area contributed by atoms with Crippen LogP contribution in [0.2, 0.25) is 0 Å². The molecular formula is C23H28N2O4. The number of aromatic nitrogens is 1. The molecule has 154 valence electrons. The van der Waals surface area contributed by atoms with Gasteiger partial charge in [-0.15, -0.1) is 0 Å². The molecular weight excluding hydrogens is 368 g/mol. The molecule has 3 aromatic rings. The SMILES string of the molecule is COc1cc(CCC(=O)NCCCn2ccc3ccccc32)cc(OC)c1OC. The van der Waals surface area contributed by atoms with Crippen LogP contribution in [0, 0.1) is 0 Å². The van der Waals surface area contributed by atoms with E-state index in [1.54, 1.807) is 21.3 Å². The van der Waals surface area contributed by atoms with Gasteiger partial charge in [-0.1, -0.05) is 18.2 Å². The van der Waals surface area contributed by atoms with Gasteiger partial charge in [0.25, 0.3) is 0 Å². The molecule has 6 heteroatoms. The van der Waals surface area contributed by atoms with Crippen molar-refractivity contribution in [1.29, 1.82) is 0 Å². The van der Waals surface area contributed by atoms with E-state index < -0.39 is 0 Å². The summed E-state index contributed by atoms with van der Waals surface area (Å²) in [6.07, 6.45) is 3.99. The van der Waals surface area contributed by atoms with Crippen LogP contribution in [-0.4, -0.2) is 38.3 Å². The number of aryl methyl sites for hydroxylation is 2. The van der Waals surface area contributed by atoms with Crippen molar-refractivity contribution >= 4 is 16.8 Å². The monoisotopic (exact) mass is 396 g/mol. The first-order chi connectivity index (χ1) is 14.2. The Bertz CT molecular complexity index is 939. The lowest BCUT2D eigenvalue weighted by Crippen LogP contribution is -2.25. The fourth-order valence-corrected chi connectivity index (χ4v) is 3.44. The van der Waals surface area contributed by atoms with Crippen molar-refractivity contribution in [3.63, 3.8) is 0 Å². The van der Waals surface area contributed by atoms with E-state index in [1.165, 1.54) is 10.9 Å². The summed E-state index contributed by atoms with van der Waals surface area (Å²) in [7, 11) is 4.74. The molecule has 0 unspecified atom stereocenters. The number of methoxy groups -OCH3 is 3. The number of para-hydroxylation sites is 1. The number of nitrogens with one attached hydrogen (secondary N) is 1. The summed E-state index contributed by atoms with van der Waals surface area (Å²) >= 11 is 0. The fourth-order valence-electron chi connectivity index (χ4n) is 3.44. The molecule has 1 amide bonds. The second-order valence-electron chi connectivity index (χ2n) is 6.81. The van der Waals surface area contributed by atoms with Gasteiger partial charge in [0.1, 0.15) is 0 Å². The Morgan fingerprint density at radius 1 is 1.00 bits per heavy atom. The number of amides is 1. The van der Waals surface area contributed by atoms with Crippen molar-refractivity contribution in [2.75, 3.05) is 27.9 Å². The first-order valence-corrected chi connectivity index (χ1v) is 9.75. The zero-order chi connectivity index (χ0) is 20.6. The lowest BCUT2D eigenvalue weighted by atomic mass is 10.1. The topological polar surface area (TPSA) is 61.7 Å². The van der Waals surface area contributed by atoms with Crippen molar-refractivity contribution in [3.05, 3.63) is 54.2 Å². The molecule has 0 spiro atoms. The number of carbonyl (C=O) groups excluding carboxylic acids is 1. The average molecular weight is 396 g/mol. The first kappa shape index (κ1) is 20.6. The standard InChI is InChI=1S/C23H28N2O4/c1-27-20-15-17(16-21(28-2)23(20)29-3)9-10-22(26)24-12-6-13-25-14-11-18-7-4-5-8-19(18)25/h4-5,7-8,11,14-16H,6,9-10,12-13H2,1-3H3,(H,24,26). The van der Waals surface area contributed by atoms with E-state index in [0.717, 1.165) is 18.5 Å². The third-order valence-corrected chi connectivity index (χ3v) is 4.94. The lowest BCUT2D eigenvalue weighted by Gasteiger charge is -2.14. The van der Waals surface area contributed by atoms with E-state index in [1.807, 2.05) is 24.3 Å². The molecule has 2 aromatic carbocycles. The van der Waals surface area contributed by atoms with Crippen LogP contribution in [0.25, 0.3) is 10.9 Å². The van der Waals surface area contributed by atoms with Crippen molar-refractivity contribution in [2.45, 2.75) is 25.8 Å². The van der Waals surface area contributed by atoms with Crippen LogP contribution in [0.4, 0.5) is 0 Å². The Morgan fingerprint density at radius 3 is 2.41 bits per heavy atom. The predicted octanol–water partition coefficient (Wildman–Crippen LogP) is 3.81. The molecule has 3 rings (SSSR count). The molecule has 1 aromatic heterocycles. The number of carbonyl (C=O) groups is 1. The second kappa shape index (κ2) is 9.87. The molecule has 29 heavy (non-hydrogen) atoms. The second-order valence-corrected chi connectivity index (χ2v) is 6.81. The highest BCUT2D eigenvalue weighted by Gasteiger charge is 2.13. The number of rotatable bonds is 10. The Hall–Kier alpha value is -3.15. The summed E-state index contributed by atoms with van der Waals surface area (Å²) in [6, 6.07) is 14.2. The number of fused-ring (bicyclic) bond motifs is 1. The zero-order valence-corrected chi connectivity index (χ0v) is 17.2. The van der Waals surface area contributed by atoms with Crippen LogP contribution in [0.15, 0.2) is 48.7 Å². The van der Waals surface area contributed by atoms with E-state index in [-0.39, 0.29) is 5.91 Å². The van der Waals surface area contributed by atoms with Crippen molar-refractivity contribution in [3.8, 4) is 17.2 Å². The molecule has 0 saturated carbocycles. The average Bonchev–Trinajstić information content (AvgIpc) is 3.17. The molecule has 0 fully saturated rings. The van der Waals surface area contributed by atoms with Crippen molar-refractivity contribution in [2.24, 2.45) is 0 Å². The van der Waals surface area contributed by atoms with Crippen LogP contribution < -0.4 is 19.5 Å². The molecule has 0 aliphatic heterocycles. The molecule has 0 radical (unpaired) electrons. The Kier molecular flexibility index (Phi) is 7.00. The van der Waals surface area contributed by atoms with Crippen LogP contribution in [0.1, 0.15) is 18.4 Å². The maximum absolute atomic E-state index is 12.2. The van der Waals surface area contributed by atoms with E-state index in [2.05, 4.69) is 34.3 Å². The summed E-state index contributed by atoms with van der Waals surface area (Å²) in [6.45, 7) is 1.53. The number of ether oxygens (including phenoxy) is 3. The van der Waals surface area contributed by atoms with Gasteiger partial charge in [-0.2, -0.15) is 0 Å². The molecule has 0 atom stereocenters. The third kappa shape index (κ3) is 5.02. The van der Waals surface area contributed by atoms with Crippen LogP contribution in [0.3, 0.4) is 0 Å². The Labute approximate surface area is 171 Å². The number of benzene rings is 2. The van der Waals surface area contributed by atoms with Gasteiger partial charge >= 0.3 is 0 Å². The summed E-state index contributed by atoms with van der Waals surface area (Å²) in [5.41, 5.74) is 2.19. The van der Waals surface area contributed by atoms with Gasteiger partial charge in [0, 0.05) is 31.2 Å². The highest BCUT2D eigenvalue weighted by molar-refractivity contribution is 5.80. The van der Waals surface area contributed by atoms with Gasteiger partial charge in [0.2, 0.25) is 11.7 Å². The van der Waals surface area contributed by atoms with E-state index in [0.29, 0.717) is 36.6 Å². The van der Waals surface area contributed by atoms with E-state index in [4.69, 9.17) is 14.2 Å². The minimum atomic E-state index is 0.0381. The maximum atomic E-state index is 12.2. The largest absolute Gasteiger partial charge is 0.493 e. The summed E-state index contributed by atoms with van der Waals surface area (Å²) in [4.78, 5) is 12.2. The molecule has 1 N–H and O–H groups in total. The van der Waals surface area contributed by atoms with Gasteiger partial charge in [-0.05, 0) is 48.1 Å². The number of hydrogen-bond acceptors (Lipinski definition) is 4. The van der Waals surface area contributed by atoms with Crippen LogP contribution >= 0.6 is 0 Å².